The van der Waals surface area contributed by atoms with E-state index in [1.165, 1.54) is 37.7 Å². The molecule has 2 aromatic rings. The molecule has 2 N–H and O–H groups in total. The summed E-state index contributed by atoms with van der Waals surface area (Å²) in [7, 11) is 2.87. The lowest BCUT2D eigenvalue weighted by Gasteiger charge is -2.15. The number of amides is 2. The van der Waals surface area contributed by atoms with Crippen LogP contribution in [0.1, 0.15) is 33.9 Å². The molecule has 2 amide bonds. The van der Waals surface area contributed by atoms with E-state index >= 15 is 0 Å². The molecule has 0 atom stereocenters. The predicted molar refractivity (Wildman–Crippen MR) is 105 cm³/mol. The van der Waals surface area contributed by atoms with Gasteiger partial charge in [0.2, 0.25) is 0 Å². The molecular weight excluding hydrogens is 384 g/mol. The van der Waals surface area contributed by atoms with Gasteiger partial charge in [-0.2, -0.15) is 0 Å². The number of nitrogens with one attached hydrogen (secondary N) is 2. The maximum atomic E-state index is 12.5. The number of ether oxygens (including phenoxy) is 3. The summed E-state index contributed by atoms with van der Waals surface area (Å²) in [6, 6.07) is 6.19. The molecule has 0 spiro atoms. The second-order valence-corrected chi connectivity index (χ2v) is 6.93. The highest BCUT2D eigenvalue weighted by atomic mass is 32.1. The van der Waals surface area contributed by atoms with E-state index in [0.717, 1.165) is 0 Å². The molecule has 0 saturated heterocycles. The standard InChI is InChI=1S/C19H22N2O6S/c1-11(2)20-17(22)10-27-19(24)12-8-14(25-3)15(26-4)9-13(12)21-18(23)16-6-5-7-28-16/h5-9,11H,10H2,1-4H3,(H,20,22)(H,21,23). The topological polar surface area (TPSA) is 103 Å². The first-order valence-corrected chi connectivity index (χ1v) is 9.31. The molecule has 1 aromatic heterocycles. The molecule has 0 fully saturated rings. The molecule has 0 saturated carbocycles. The van der Waals surface area contributed by atoms with Crippen molar-refractivity contribution in [1.82, 2.24) is 5.32 Å². The number of esters is 1. The normalized spacial score (nSPS) is 10.3. The van der Waals surface area contributed by atoms with Crippen molar-refractivity contribution in [3.63, 3.8) is 0 Å². The van der Waals surface area contributed by atoms with Crippen molar-refractivity contribution in [3.8, 4) is 11.5 Å². The minimum atomic E-state index is -0.777. The van der Waals surface area contributed by atoms with Crippen molar-refractivity contribution in [2.45, 2.75) is 19.9 Å². The zero-order chi connectivity index (χ0) is 20.7. The molecule has 0 unspecified atom stereocenters. The first kappa shape index (κ1) is 21.2. The zero-order valence-electron chi connectivity index (χ0n) is 16.0. The van der Waals surface area contributed by atoms with Crippen LogP contribution in [0.15, 0.2) is 29.6 Å². The van der Waals surface area contributed by atoms with Gasteiger partial charge >= 0.3 is 5.97 Å². The van der Waals surface area contributed by atoms with E-state index in [9.17, 15) is 14.4 Å². The summed E-state index contributed by atoms with van der Waals surface area (Å²) in [5, 5.41) is 7.07. The van der Waals surface area contributed by atoms with Crippen LogP contribution in [0.2, 0.25) is 0 Å². The van der Waals surface area contributed by atoms with E-state index < -0.39 is 18.5 Å². The third kappa shape index (κ3) is 5.46. The van der Waals surface area contributed by atoms with E-state index in [1.807, 2.05) is 0 Å². The van der Waals surface area contributed by atoms with Gasteiger partial charge in [-0.25, -0.2) is 4.79 Å². The Hall–Kier alpha value is -3.07. The molecule has 9 heteroatoms. The summed E-state index contributed by atoms with van der Waals surface area (Å²) in [5.41, 5.74) is 0.227. The summed E-state index contributed by atoms with van der Waals surface area (Å²) in [6.07, 6.45) is 0. The Morgan fingerprint density at radius 1 is 1.11 bits per heavy atom. The Morgan fingerprint density at radius 2 is 1.79 bits per heavy atom. The molecule has 150 valence electrons. The lowest BCUT2D eigenvalue weighted by atomic mass is 10.1. The largest absolute Gasteiger partial charge is 0.493 e. The van der Waals surface area contributed by atoms with Gasteiger partial charge in [0.1, 0.15) is 0 Å². The summed E-state index contributed by atoms with van der Waals surface area (Å²) in [5.74, 6) is -0.962. The molecule has 8 nitrogen and oxygen atoms in total. The number of hydrogen-bond acceptors (Lipinski definition) is 7. The molecule has 0 aliphatic heterocycles. The number of carbonyl (C=O) groups excluding carboxylic acids is 3. The van der Waals surface area contributed by atoms with Gasteiger partial charge < -0.3 is 24.8 Å². The van der Waals surface area contributed by atoms with Crippen molar-refractivity contribution < 1.29 is 28.6 Å². The number of carbonyl (C=O) groups is 3. The minimum absolute atomic E-state index is 0.0416. The van der Waals surface area contributed by atoms with Crippen LogP contribution in [-0.4, -0.2) is 44.7 Å². The van der Waals surface area contributed by atoms with Crippen LogP contribution in [0.25, 0.3) is 0 Å². The molecule has 0 radical (unpaired) electrons. The first-order valence-electron chi connectivity index (χ1n) is 8.43. The highest BCUT2D eigenvalue weighted by molar-refractivity contribution is 7.12. The maximum absolute atomic E-state index is 12.5. The first-order chi connectivity index (χ1) is 13.3. The molecule has 0 bridgehead atoms. The second kappa shape index (κ2) is 9.75. The summed E-state index contributed by atoms with van der Waals surface area (Å²) >= 11 is 1.26. The molecule has 2 rings (SSSR count). The van der Waals surface area contributed by atoms with Crippen molar-refractivity contribution in [2.75, 3.05) is 26.1 Å². The minimum Gasteiger partial charge on any atom is -0.493 e. The van der Waals surface area contributed by atoms with Crippen LogP contribution in [-0.2, 0) is 9.53 Å². The van der Waals surface area contributed by atoms with Gasteiger partial charge in [-0.1, -0.05) is 6.07 Å². The Labute approximate surface area is 166 Å². The number of hydrogen-bond donors (Lipinski definition) is 2. The number of thiophene rings is 1. The maximum Gasteiger partial charge on any atom is 0.340 e. The van der Waals surface area contributed by atoms with Gasteiger partial charge in [-0.3, -0.25) is 9.59 Å². The fourth-order valence-corrected chi connectivity index (χ4v) is 2.93. The van der Waals surface area contributed by atoms with Gasteiger partial charge in [-0.15, -0.1) is 11.3 Å². The van der Waals surface area contributed by atoms with Crippen LogP contribution >= 0.6 is 11.3 Å². The molecule has 0 aliphatic rings. The van der Waals surface area contributed by atoms with Gasteiger partial charge in [-0.05, 0) is 25.3 Å². The summed E-state index contributed by atoms with van der Waals surface area (Å²) < 4.78 is 15.5. The molecule has 28 heavy (non-hydrogen) atoms. The summed E-state index contributed by atoms with van der Waals surface area (Å²) in [6.45, 7) is 3.15. The Kier molecular flexibility index (Phi) is 7.39. The Bertz CT molecular complexity index is 848. The zero-order valence-corrected chi connectivity index (χ0v) is 16.8. The van der Waals surface area contributed by atoms with Gasteiger partial charge in [0.15, 0.2) is 18.1 Å². The molecule has 1 heterocycles. The van der Waals surface area contributed by atoms with Crippen LogP contribution < -0.4 is 20.1 Å². The number of anilines is 1. The Morgan fingerprint density at radius 3 is 2.36 bits per heavy atom. The quantitative estimate of drug-likeness (QED) is 0.654. The lowest BCUT2D eigenvalue weighted by molar-refractivity contribution is -0.124. The van der Waals surface area contributed by atoms with Crippen molar-refractivity contribution >= 4 is 34.8 Å². The van der Waals surface area contributed by atoms with E-state index in [0.29, 0.717) is 10.6 Å². The fourth-order valence-electron chi connectivity index (χ4n) is 2.32. The van der Waals surface area contributed by atoms with Gasteiger partial charge in [0.25, 0.3) is 11.8 Å². The monoisotopic (exact) mass is 406 g/mol. The smallest absolute Gasteiger partial charge is 0.340 e. The van der Waals surface area contributed by atoms with Crippen LogP contribution in [0.4, 0.5) is 5.69 Å². The Balaban J connectivity index is 2.27. The van der Waals surface area contributed by atoms with E-state index in [-0.39, 0.29) is 28.9 Å². The van der Waals surface area contributed by atoms with Gasteiger partial charge in [0.05, 0.1) is 30.3 Å². The molecular formula is C19H22N2O6S. The fraction of sp³-hybridized carbons (Fsp3) is 0.316. The van der Waals surface area contributed by atoms with Crippen molar-refractivity contribution in [1.29, 1.82) is 0 Å². The predicted octanol–water partition coefficient (Wildman–Crippen LogP) is 2.70. The van der Waals surface area contributed by atoms with E-state index in [4.69, 9.17) is 14.2 Å². The number of methoxy groups -OCH3 is 2. The van der Waals surface area contributed by atoms with Crippen LogP contribution in [0.3, 0.4) is 0 Å². The van der Waals surface area contributed by atoms with Crippen molar-refractivity contribution in [2.24, 2.45) is 0 Å². The van der Waals surface area contributed by atoms with E-state index in [2.05, 4.69) is 10.6 Å². The third-order valence-corrected chi connectivity index (χ3v) is 4.39. The molecule has 1 aromatic carbocycles. The lowest BCUT2D eigenvalue weighted by Crippen LogP contribution is -2.34. The highest BCUT2D eigenvalue weighted by Gasteiger charge is 2.21. The van der Waals surface area contributed by atoms with Crippen LogP contribution in [0.5, 0.6) is 11.5 Å². The second-order valence-electron chi connectivity index (χ2n) is 5.98. The van der Waals surface area contributed by atoms with E-state index in [1.54, 1.807) is 31.4 Å². The average molecular weight is 406 g/mol. The van der Waals surface area contributed by atoms with Crippen molar-refractivity contribution in [3.05, 3.63) is 40.1 Å². The summed E-state index contributed by atoms with van der Waals surface area (Å²) in [4.78, 5) is 37.2. The average Bonchev–Trinajstić information content (AvgIpc) is 3.20. The molecule has 0 aliphatic carbocycles. The SMILES string of the molecule is COc1cc(NC(=O)c2cccs2)c(C(=O)OCC(=O)NC(C)C)cc1OC. The highest BCUT2D eigenvalue weighted by Crippen LogP contribution is 2.34. The van der Waals surface area contributed by atoms with Gasteiger partial charge in [0, 0.05) is 18.2 Å². The van der Waals surface area contributed by atoms with Crippen LogP contribution in [0, 0.1) is 0 Å². The number of benzene rings is 1. The third-order valence-electron chi connectivity index (χ3n) is 3.52. The number of rotatable bonds is 8.